The Morgan fingerprint density at radius 2 is 2.15 bits per heavy atom. The number of amides is 1. The number of rotatable bonds is 2. The molecule has 2 saturated heterocycles. The van der Waals surface area contributed by atoms with Gasteiger partial charge in [0.15, 0.2) is 0 Å². The number of carbonyl (C=O) groups is 2. The van der Waals surface area contributed by atoms with Gasteiger partial charge >= 0.3 is 5.97 Å². The van der Waals surface area contributed by atoms with Gasteiger partial charge < -0.3 is 24.8 Å². The molecule has 1 aromatic heterocycles. The molecule has 0 aliphatic carbocycles. The number of methoxy groups -OCH3 is 1. The van der Waals surface area contributed by atoms with Crippen LogP contribution in [0, 0.1) is 0 Å². The van der Waals surface area contributed by atoms with Crippen molar-refractivity contribution >= 4 is 35.6 Å². The van der Waals surface area contributed by atoms with E-state index in [1.165, 1.54) is 28.2 Å². The number of nitrogens with zero attached hydrogens (tertiary/aromatic N) is 1. The SMILES string of the molecule is COC(=O)[C@@H]1C[C@@H](O)CN1C(=O)c1cc2c(s1)CCOC21CCNCC1.Cl. The summed E-state index contributed by atoms with van der Waals surface area (Å²) in [5.41, 5.74) is 0.841. The smallest absolute Gasteiger partial charge is 0.328 e. The number of fused-ring (bicyclic) bond motifs is 2. The summed E-state index contributed by atoms with van der Waals surface area (Å²) < 4.78 is 11.0. The number of aliphatic hydroxyl groups is 1. The second-order valence-corrected chi connectivity index (χ2v) is 8.31. The Bertz CT molecular complexity index is 719. The largest absolute Gasteiger partial charge is 0.467 e. The molecule has 1 amide bonds. The number of β-amino-alcohol motifs (C(OH)–C–C–N with tert-alkyl or cyclic N) is 1. The summed E-state index contributed by atoms with van der Waals surface area (Å²) in [5, 5.41) is 13.3. The van der Waals surface area contributed by atoms with E-state index in [-0.39, 0.29) is 36.9 Å². The van der Waals surface area contributed by atoms with Crippen LogP contribution in [-0.4, -0.2) is 67.4 Å². The monoisotopic (exact) mass is 416 g/mol. The molecule has 4 heterocycles. The van der Waals surface area contributed by atoms with Crippen LogP contribution in [0.3, 0.4) is 0 Å². The molecule has 0 unspecified atom stereocenters. The third kappa shape index (κ3) is 3.61. The lowest BCUT2D eigenvalue weighted by Gasteiger charge is -2.40. The molecule has 9 heteroatoms. The Kier molecular flexibility index (Phi) is 6.12. The van der Waals surface area contributed by atoms with Crippen molar-refractivity contribution in [2.75, 3.05) is 33.4 Å². The maximum absolute atomic E-state index is 13.1. The average Bonchev–Trinajstić information content (AvgIpc) is 3.26. The zero-order valence-corrected chi connectivity index (χ0v) is 16.9. The molecule has 150 valence electrons. The highest BCUT2D eigenvalue weighted by Crippen LogP contribution is 2.44. The Morgan fingerprint density at radius 1 is 1.41 bits per heavy atom. The molecule has 27 heavy (non-hydrogen) atoms. The first-order valence-electron chi connectivity index (χ1n) is 9.09. The number of piperidine rings is 1. The molecular weight excluding hydrogens is 392 g/mol. The molecule has 3 aliphatic rings. The van der Waals surface area contributed by atoms with Gasteiger partial charge in [0, 0.05) is 24.3 Å². The van der Waals surface area contributed by atoms with E-state index in [1.54, 1.807) is 0 Å². The predicted molar refractivity (Wildman–Crippen MR) is 102 cm³/mol. The number of halogens is 1. The lowest BCUT2D eigenvalue weighted by atomic mass is 9.83. The van der Waals surface area contributed by atoms with Crippen molar-refractivity contribution in [1.29, 1.82) is 0 Å². The van der Waals surface area contributed by atoms with Gasteiger partial charge in [-0.2, -0.15) is 0 Å². The maximum atomic E-state index is 13.1. The van der Waals surface area contributed by atoms with Crippen LogP contribution in [0.5, 0.6) is 0 Å². The first kappa shape index (κ1) is 20.5. The molecule has 2 N–H and O–H groups in total. The van der Waals surface area contributed by atoms with E-state index in [4.69, 9.17) is 9.47 Å². The van der Waals surface area contributed by atoms with E-state index in [0.717, 1.165) is 37.9 Å². The van der Waals surface area contributed by atoms with Crippen LogP contribution in [0.1, 0.15) is 39.4 Å². The number of hydrogen-bond donors (Lipinski definition) is 2. The van der Waals surface area contributed by atoms with Crippen LogP contribution in [0.15, 0.2) is 6.07 Å². The second-order valence-electron chi connectivity index (χ2n) is 7.18. The van der Waals surface area contributed by atoms with Gasteiger partial charge in [0.1, 0.15) is 6.04 Å². The highest BCUT2D eigenvalue weighted by Gasteiger charge is 2.43. The average molecular weight is 417 g/mol. The molecule has 0 saturated carbocycles. The summed E-state index contributed by atoms with van der Waals surface area (Å²) in [6.07, 6.45) is 2.14. The summed E-state index contributed by atoms with van der Waals surface area (Å²) in [6, 6.07) is 1.23. The molecule has 2 atom stereocenters. The van der Waals surface area contributed by atoms with Gasteiger partial charge in [0.25, 0.3) is 5.91 Å². The normalized spacial score (nSPS) is 26.4. The molecule has 1 aromatic rings. The van der Waals surface area contributed by atoms with Gasteiger partial charge in [-0.05, 0) is 37.6 Å². The van der Waals surface area contributed by atoms with E-state index in [1.807, 2.05) is 6.07 Å². The summed E-state index contributed by atoms with van der Waals surface area (Å²) in [7, 11) is 1.30. The number of nitrogens with one attached hydrogen (secondary N) is 1. The Morgan fingerprint density at radius 3 is 2.85 bits per heavy atom. The van der Waals surface area contributed by atoms with Crippen LogP contribution in [0.2, 0.25) is 0 Å². The molecule has 1 spiro atoms. The molecular formula is C18H25ClN2O5S. The number of aliphatic hydroxyl groups excluding tert-OH is 1. The van der Waals surface area contributed by atoms with Gasteiger partial charge in [-0.1, -0.05) is 0 Å². The number of carbonyl (C=O) groups excluding carboxylic acids is 2. The van der Waals surface area contributed by atoms with Crippen LogP contribution in [0.4, 0.5) is 0 Å². The van der Waals surface area contributed by atoms with E-state index in [9.17, 15) is 14.7 Å². The van der Waals surface area contributed by atoms with Gasteiger partial charge in [-0.15, -0.1) is 23.7 Å². The Balaban J connectivity index is 0.00000210. The van der Waals surface area contributed by atoms with Crippen LogP contribution >= 0.6 is 23.7 Å². The van der Waals surface area contributed by atoms with E-state index in [0.29, 0.717) is 11.5 Å². The van der Waals surface area contributed by atoms with Crippen molar-refractivity contribution in [1.82, 2.24) is 10.2 Å². The van der Waals surface area contributed by atoms with Gasteiger partial charge in [-0.25, -0.2) is 4.79 Å². The summed E-state index contributed by atoms with van der Waals surface area (Å²) in [4.78, 5) is 28.3. The summed E-state index contributed by atoms with van der Waals surface area (Å²) in [6.45, 7) is 2.64. The van der Waals surface area contributed by atoms with Crippen LogP contribution < -0.4 is 5.32 Å². The fourth-order valence-electron chi connectivity index (χ4n) is 4.31. The second kappa shape index (κ2) is 8.05. The van der Waals surface area contributed by atoms with Gasteiger partial charge in [-0.3, -0.25) is 4.79 Å². The number of ether oxygens (including phenoxy) is 2. The fourth-order valence-corrected chi connectivity index (χ4v) is 5.49. The topological polar surface area (TPSA) is 88.1 Å². The molecule has 7 nitrogen and oxygen atoms in total. The van der Waals surface area contributed by atoms with Crippen LogP contribution in [-0.2, 0) is 26.3 Å². The zero-order chi connectivity index (χ0) is 18.3. The minimum atomic E-state index is -0.717. The van der Waals surface area contributed by atoms with Crippen molar-refractivity contribution in [2.45, 2.75) is 43.4 Å². The molecule has 4 rings (SSSR count). The summed E-state index contributed by atoms with van der Waals surface area (Å²) in [5.74, 6) is -0.685. The van der Waals surface area contributed by atoms with Crippen molar-refractivity contribution in [2.24, 2.45) is 0 Å². The lowest BCUT2D eigenvalue weighted by Crippen LogP contribution is -2.44. The van der Waals surface area contributed by atoms with E-state index in [2.05, 4.69) is 5.32 Å². The highest BCUT2D eigenvalue weighted by molar-refractivity contribution is 7.14. The van der Waals surface area contributed by atoms with E-state index >= 15 is 0 Å². The highest BCUT2D eigenvalue weighted by atomic mass is 35.5. The fraction of sp³-hybridized carbons (Fsp3) is 0.667. The van der Waals surface area contributed by atoms with Crippen molar-refractivity contribution in [3.05, 3.63) is 21.4 Å². The third-order valence-corrected chi connectivity index (χ3v) is 6.83. The first-order valence-corrected chi connectivity index (χ1v) is 9.90. The molecule has 2 fully saturated rings. The van der Waals surface area contributed by atoms with Crippen molar-refractivity contribution in [3.63, 3.8) is 0 Å². The lowest BCUT2D eigenvalue weighted by molar-refractivity contribution is -0.145. The number of thiophene rings is 1. The molecule has 3 aliphatic heterocycles. The van der Waals surface area contributed by atoms with Crippen molar-refractivity contribution in [3.8, 4) is 0 Å². The zero-order valence-electron chi connectivity index (χ0n) is 15.2. The standard InChI is InChI=1S/C18H24N2O5S.ClH/c1-24-17(23)13-8-11(21)10-20(13)16(22)15-9-12-14(26-15)2-7-25-18(12)3-5-19-6-4-18;/h9,11,13,19,21H,2-8,10H2,1H3;1H/t11-,13+;/m1./s1. The van der Waals surface area contributed by atoms with Crippen molar-refractivity contribution < 1.29 is 24.2 Å². The number of hydrogen-bond acceptors (Lipinski definition) is 7. The van der Waals surface area contributed by atoms with E-state index < -0.39 is 18.1 Å². The molecule has 0 radical (unpaired) electrons. The Labute approximate surface area is 168 Å². The van der Waals surface area contributed by atoms with Crippen LogP contribution in [0.25, 0.3) is 0 Å². The van der Waals surface area contributed by atoms with Gasteiger partial charge in [0.2, 0.25) is 0 Å². The maximum Gasteiger partial charge on any atom is 0.328 e. The predicted octanol–water partition coefficient (Wildman–Crippen LogP) is 1.07. The summed E-state index contributed by atoms with van der Waals surface area (Å²) >= 11 is 1.50. The third-order valence-electron chi connectivity index (χ3n) is 5.64. The minimum Gasteiger partial charge on any atom is -0.467 e. The minimum absolute atomic E-state index is 0. The van der Waals surface area contributed by atoms with Gasteiger partial charge in [0.05, 0.1) is 30.3 Å². The molecule has 0 aromatic carbocycles. The Hall–Kier alpha value is -1.19. The molecule has 0 bridgehead atoms. The number of likely N-dealkylation sites (tertiary alicyclic amines) is 1. The number of esters is 1. The quantitative estimate of drug-likeness (QED) is 0.701. The first-order chi connectivity index (χ1) is 12.5.